The molecule has 90 heavy (non-hydrogen) atoms. The first-order valence-corrected chi connectivity index (χ1v) is 42.5. The Morgan fingerprint density at radius 3 is 0.711 bits per heavy atom. The molecule has 0 aliphatic carbocycles. The second kappa shape index (κ2) is 61.8. The summed E-state index contributed by atoms with van der Waals surface area (Å²) in [7, 11) is -20.5. The molecule has 0 fully saturated rings. The van der Waals surface area contributed by atoms with E-state index in [1.807, 2.05) is 0 Å². The molecule has 0 spiro atoms. The highest BCUT2D eigenvalue weighted by Crippen LogP contribution is 2.45. The fourth-order valence-electron chi connectivity index (χ4n) is 8.78. The van der Waals surface area contributed by atoms with Crippen molar-refractivity contribution >= 4 is 39.1 Å². The molecular formula is C65H145O20P5. The van der Waals surface area contributed by atoms with E-state index < -0.39 is 39.1 Å². The van der Waals surface area contributed by atoms with Crippen LogP contribution >= 0.6 is 39.1 Å². The third-order valence-corrected chi connectivity index (χ3v) is 17.5. The lowest BCUT2D eigenvalue weighted by Crippen LogP contribution is -2.11. The average molecular weight is 1400 g/mol. The highest BCUT2D eigenvalue weighted by Gasteiger charge is 2.24. The lowest BCUT2D eigenvalue weighted by atomic mass is 9.89. The number of rotatable bonds is 54. The lowest BCUT2D eigenvalue weighted by molar-refractivity contribution is 0.115. The summed E-state index contributed by atoms with van der Waals surface area (Å²) in [5.74, 6) is 2.83. The van der Waals surface area contributed by atoms with Crippen LogP contribution in [0, 0.1) is 34.5 Å². The number of hydrogen-bond acceptors (Lipinski definition) is 12. The number of unbranched alkanes of at least 4 members (excludes halogenated alkanes) is 20. The summed E-state index contributed by atoms with van der Waals surface area (Å²) in [6, 6.07) is 0. The molecule has 0 aromatic rings. The van der Waals surface area contributed by atoms with E-state index in [-0.39, 0.29) is 6.10 Å². The van der Waals surface area contributed by atoms with Crippen LogP contribution in [0.15, 0.2) is 0 Å². The zero-order valence-corrected chi connectivity index (χ0v) is 64.8. The van der Waals surface area contributed by atoms with Crippen molar-refractivity contribution in [1.82, 2.24) is 0 Å². The molecular weight excluding hydrogens is 1260 g/mol. The molecule has 550 valence electrons. The normalized spacial score (nSPS) is 13.0. The van der Waals surface area contributed by atoms with Crippen molar-refractivity contribution in [2.24, 2.45) is 34.5 Å². The summed E-state index contributed by atoms with van der Waals surface area (Å²) in [4.78, 5) is 68.1. The molecule has 0 rings (SSSR count). The maximum Gasteiger partial charge on any atom is 0.472 e. The molecule has 0 heterocycles. The van der Waals surface area contributed by atoms with E-state index in [1.165, 1.54) is 64.2 Å². The Balaban J connectivity index is -0.000000348. The second-order valence-electron chi connectivity index (χ2n) is 28.3. The summed E-state index contributed by atoms with van der Waals surface area (Å²) in [6.07, 6.45) is 37.9. The van der Waals surface area contributed by atoms with Gasteiger partial charge in [0.05, 0.1) is 45.7 Å². The van der Waals surface area contributed by atoms with Gasteiger partial charge in [0.2, 0.25) is 0 Å². The summed E-state index contributed by atoms with van der Waals surface area (Å²) < 4.78 is 89.6. The molecule has 0 saturated carbocycles. The smallest absolute Gasteiger partial charge is 0.303 e. The van der Waals surface area contributed by atoms with Crippen molar-refractivity contribution < 1.29 is 93.6 Å². The van der Waals surface area contributed by atoms with Crippen LogP contribution in [0.4, 0.5) is 0 Å². The van der Waals surface area contributed by atoms with Crippen molar-refractivity contribution in [1.29, 1.82) is 0 Å². The lowest BCUT2D eigenvalue weighted by Gasteiger charge is -2.18. The first-order valence-electron chi connectivity index (χ1n) is 34.9. The third kappa shape index (κ3) is 102. The van der Waals surface area contributed by atoms with E-state index in [1.54, 1.807) is 0 Å². The molecule has 0 aromatic carbocycles. The van der Waals surface area contributed by atoms with Gasteiger partial charge in [-0.05, 0) is 98.7 Å². The molecule has 0 radical (unpaired) electrons. The van der Waals surface area contributed by atoms with Crippen molar-refractivity contribution in [3.63, 3.8) is 0 Å². The van der Waals surface area contributed by atoms with Crippen LogP contribution in [-0.2, 0) is 54.5 Å². The summed E-state index contributed by atoms with van der Waals surface area (Å²) in [6.45, 7) is 37.1. The van der Waals surface area contributed by atoms with Gasteiger partial charge in [-0.2, -0.15) is 0 Å². The molecule has 1 atom stereocenters. The van der Waals surface area contributed by atoms with Gasteiger partial charge >= 0.3 is 39.1 Å². The molecule has 0 aromatic heterocycles. The standard InChI is InChI=1S/2C18H39O4P.C15H33O4P.C14H31O4P.H3O4P/c1-17(2,3)13-9-7-11-15-21-23(19,20)22-16-12-8-10-14-18(4,5)6;1-17(2)13-9-5-7-11-15-21-23(19,20)22-16-12-8-6-10-14-18(3)4;1-3-5-7-9-10-12-14-15(19-20(16,17)18)13-11-8-6-4-2;1-13(2)9-5-7-11-17-19(15,16)18-12-8-6-10-14(3)4;1-5(2,3)4/h7-16H2,1-6H3,(H,19,20);17-18H,5-16H2,1-4H3,(H,19,20);15H,3-14H2,1-2H3,(H2,16,17,18);13-14H,5-12H2,1-4H3,(H,15,16);(H3,1,2,3,4). The van der Waals surface area contributed by atoms with Crippen molar-refractivity contribution in [2.75, 3.05) is 39.6 Å². The highest BCUT2D eigenvalue weighted by molar-refractivity contribution is 7.48. The SMILES string of the molecule is CC(C)(C)CCCCCOP(=O)(O)OCCCCCC(C)(C)C.CC(C)CCCCCCOP(=O)(O)OCCCCCCC(C)C.CC(C)CCCCOP(=O)(O)OCCCCC(C)C.CCCCCCCCC(CCCCCC)OP(=O)(O)O.O=P(O)(O)O. The van der Waals surface area contributed by atoms with Gasteiger partial charge in [0.15, 0.2) is 0 Å². The Kier molecular flexibility index (Phi) is 68.2. The predicted octanol–water partition coefficient (Wildman–Crippen LogP) is 21.7. The van der Waals surface area contributed by atoms with Crippen molar-refractivity contribution in [3.8, 4) is 0 Å². The van der Waals surface area contributed by atoms with E-state index in [0.29, 0.717) is 62.3 Å². The minimum atomic E-state index is -4.64. The van der Waals surface area contributed by atoms with Crippen LogP contribution in [0.25, 0.3) is 0 Å². The van der Waals surface area contributed by atoms with E-state index in [4.69, 9.17) is 60.7 Å². The Bertz CT molecular complexity index is 1700. The van der Waals surface area contributed by atoms with Gasteiger partial charge in [0, 0.05) is 0 Å². The minimum absolute atomic E-state index is 0.279. The molecule has 8 N–H and O–H groups in total. The first-order chi connectivity index (χ1) is 41.6. The summed E-state index contributed by atoms with van der Waals surface area (Å²) >= 11 is 0. The van der Waals surface area contributed by atoms with Gasteiger partial charge in [-0.3, -0.25) is 31.7 Å². The molecule has 0 aliphatic heterocycles. The molecule has 0 bridgehead atoms. The van der Waals surface area contributed by atoms with E-state index in [9.17, 15) is 32.9 Å². The Hall–Kier alpha value is 0.550. The Morgan fingerprint density at radius 1 is 0.289 bits per heavy atom. The van der Waals surface area contributed by atoms with Gasteiger partial charge in [-0.25, -0.2) is 22.8 Å². The minimum Gasteiger partial charge on any atom is -0.303 e. The Morgan fingerprint density at radius 2 is 0.478 bits per heavy atom. The van der Waals surface area contributed by atoms with Gasteiger partial charge < -0.3 is 39.1 Å². The monoisotopic (exact) mass is 1400 g/mol. The Labute approximate surface area is 552 Å². The van der Waals surface area contributed by atoms with Crippen LogP contribution in [0.3, 0.4) is 0 Å². The van der Waals surface area contributed by atoms with Crippen LogP contribution in [-0.4, -0.2) is 84.9 Å². The predicted molar refractivity (Wildman–Crippen MR) is 372 cm³/mol. The quantitative estimate of drug-likeness (QED) is 0.0207. The van der Waals surface area contributed by atoms with E-state index in [0.717, 1.165) is 179 Å². The zero-order valence-electron chi connectivity index (χ0n) is 60.3. The fourth-order valence-corrected chi connectivity index (χ4v) is 11.8. The second-order valence-corrected chi connectivity index (χ2v) is 34.8. The highest BCUT2D eigenvalue weighted by atomic mass is 31.2. The maximum absolute atomic E-state index is 11.7. The average Bonchev–Trinajstić information content (AvgIpc) is 2.70. The molecule has 0 aliphatic rings. The van der Waals surface area contributed by atoms with E-state index >= 15 is 0 Å². The molecule has 0 amide bonds. The summed E-state index contributed by atoms with van der Waals surface area (Å²) in [5.41, 5.74) is 0.701. The van der Waals surface area contributed by atoms with Gasteiger partial charge in [0.25, 0.3) is 0 Å². The van der Waals surface area contributed by atoms with E-state index in [2.05, 4.69) is 111 Å². The van der Waals surface area contributed by atoms with Crippen molar-refractivity contribution in [3.05, 3.63) is 0 Å². The summed E-state index contributed by atoms with van der Waals surface area (Å²) in [5, 5.41) is 0. The fraction of sp³-hybridized carbons (Fsp3) is 1.00. The van der Waals surface area contributed by atoms with Gasteiger partial charge in [0.1, 0.15) is 0 Å². The molecule has 20 nitrogen and oxygen atoms in total. The van der Waals surface area contributed by atoms with Crippen LogP contribution < -0.4 is 0 Å². The zero-order chi connectivity index (χ0) is 70.0. The third-order valence-electron chi connectivity index (χ3n) is 13.9. The number of hydrogen-bond donors (Lipinski definition) is 8. The number of phosphoric acid groups is 5. The first kappa shape index (κ1) is 99.2. The van der Waals surface area contributed by atoms with Crippen molar-refractivity contribution in [2.45, 2.75) is 348 Å². The van der Waals surface area contributed by atoms with Gasteiger partial charge in [-0.1, -0.05) is 278 Å². The molecule has 25 heteroatoms. The largest absolute Gasteiger partial charge is 0.472 e. The van der Waals surface area contributed by atoms with Gasteiger partial charge in [-0.15, -0.1) is 0 Å². The molecule has 1 unspecified atom stereocenters. The van der Waals surface area contributed by atoms with Crippen LogP contribution in [0.2, 0.25) is 0 Å². The van der Waals surface area contributed by atoms with Crippen LogP contribution in [0.1, 0.15) is 342 Å². The number of phosphoric ester groups is 4. The van der Waals surface area contributed by atoms with Crippen LogP contribution in [0.5, 0.6) is 0 Å². The molecule has 0 saturated heterocycles. The maximum atomic E-state index is 11.7. The topological polar surface area (TPSA) is 312 Å².